The lowest BCUT2D eigenvalue weighted by molar-refractivity contribution is -0.141. The first-order valence-corrected chi connectivity index (χ1v) is 14.0. The van der Waals surface area contributed by atoms with Gasteiger partial charge < -0.3 is 18.8 Å². The van der Waals surface area contributed by atoms with Crippen LogP contribution in [0.3, 0.4) is 0 Å². The molecule has 0 radical (unpaired) electrons. The van der Waals surface area contributed by atoms with Gasteiger partial charge >= 0.3 is 12.4 Å². The van der Waals surface area contributed by atoms with E-state index >= 15 is 0 Å². The number of amides is 1. The van der Waals surface area contributed by atoms with E-state index in [2.05, 4.69) is 10.2 Å². The molecule has 0 unspecified atom stereocenters. The summed E-state index contributed by atoms with van der Waals surface area (Å²) >= 11 is 0. The first-order valence-electron chi connectivity index (χ1n) is 14.0. The second-order valence-corrected chi connectivity index (χ2v) is 11.9. The summed E-state index contributed by atoms with van der Waals surface area (Å²) < 4.78 is 91.4. The van der Waals surface area contributed by atoms with Crippen molar-refractivity contribution in [1.29, 1.82) is 0 Å². The van der Waals surface area contributed by atoms with Gasteiger partial charge in [-0.1, -0.05) is 6.92 Å². The molecule has 6 rings (SSSR count). The molecule has 0 atom stereocenters. The quantitative estimate of drug-likeness (QED) is 0.329. The van der Waals surface area contributed by atoms with E-state index in [4.69, 9.17) is 4.74 Å². The van der Waals surface area contributed by atoms with Gasteiger partial charge in [-0.15, -0.1) is 10.2 Å². The normalized spacial score (nSPS) is 21.5. The summed E-state index contributed by atoms with van der Waals surface area (Å²) in [5.41, 5.74) is -3.74. The van der Waals surface area contributed by atoms with E-state index < -0.39 is 53.6 Å². The van der Waals surface area contributed by atoms with Crippen molar-refractivity contribution >= 4 is 11.6 Å². The van der Waals surface area contributed by atoms with E-state index in [1.807, 2.05) is 6.92 Å². The van der Waals surface area contributed by atoms with Crippen LogP contribution in [-0.4, -0.2) is 36.3 Å². The van der Waals surface area contributed by atoms with Crippen molar-refractivity contribution in [2.24, 2.45) is 13.0 Å². The highest BCUT2D eigenvalue weighted by molar-refractivity contribution is 6.10. The number of aromatic nitrogens is 4. The summed E-state index contributed by atoms with van der Waals surface area (Å²) in [5, 5.41) is 8.12. The van der Waals surface area contributed by atoms with Crippen LogP contribution in [0.4, 0.5) is 32.0 Å². The zero-order valence-electron chi connectivity index (χ0n) is 24.4. The van der Waals surface area contributed by atoms with Crippen molar-refractivity contribution in [2.75, 3.05) is 4.90 Å². The zero-order valence-corrected chi connectivity index (χ0v) is 24.4. The van der Waals surface area contributed by atoms with Crippen molar-refractivity contribution in [2.45, 2.75) is 64.1 Å². The lowest BCUT2D eigenvalue weighted by Crippen LogP contribution is -2.45. The van der Waals surface area contributed by atoms with Crippen LogP contribution in [0.15, 0.2) is 59.9 Å². The molecule has 1 saturated carbocycles. The van der Waals surface area contributed by atoms with Gasteiger partial charge in [-0.2, -0.15) is 26.3 Å². The Morgan fingerprint density at radius 3 is 2.42 bits per heavy atom. The third kappa shape index (κ3) is 5.48. The average Bonchev–Trinajstić information content (AvgIpc) is 3.49. The second-order valence-electron chi connectivity index (χ2n) is 11.9. The standard InChI is InChI=1S/C30H28F6N6O3/c1-17-9-28(10-17,27-38-37-16-39(27)3)20-8-24(26(44)41(13-20)15-29(31,32)33)42-14-22-21(25(42)43)6-19(7-23(22)30(34,35)36)12-40-4-5-45-18(2)11-40/h4-8,11,13,16-17H,9-10,12,14-15H2,1-3H3. The van der Waals surface area contributed by atoms with Gasteiger partial charge in [-0.05, 0) is 60.6 Å². The summed E-state index contributed by atoms with van der Waals surface area (Å²) in [5.74, 6) is 0.222. The number of fused-ring (bicyclic) bond motifs is 1. The Morgan fingerprint density at radius 1 is 1.09 bits per heavy atom. The van der Waals surface area contributed by atoms with Gasteiger partial charge in [0, 0.05) is 37.8 Å². The molecule has 4 heterocycles. The van der Waals surface area contributed by atoms with Gasteiger partial charge in [0.25, 0.3) is 11.5 Å². The summed E-state index contributed by atoms with van der Waals surface area (Å²) in [6, 6.07) is 3.59. The van der Waals surface area contributed by atoms with Crippen LogP contribution < -0.4 is 10.5 Å². The fourth-order valence-electron chi connectivity index (χ4n) is 6.62. The Balaban J connectivity index is 1.47. The highest BCUT2D eigenvalue weighted by Crippen LogP contribution is 2.52. The van der Waals surface area contributed by atoms with Crippen molar-refractivity contribution in [3.05, 3.63) is 99.1 Å². The number of carbonyl (C=O) groups is 1. The van der Waals surface area contributed by atoms with Gasteiger partial charge in [0.2, 0.25) is 0 Å². The minimum absolute atomic E-state index is 0.0207. The fraction of sp³-hybridized carbons (Fsp3) is 0.400. The Bertz CT molecular complexity index is 1800. The number of carbonyl (C=O) groups excluding carboxylic acids is 1. The van der Waals surface area contributed by atoms with E-state index in [1.54, 1.807) is 29.6 Å². The van der Waals surface area contributed by atoms with E-state index in [0.29, 0.717) is 29.0 Å². The maximum Gasteiger partial charge on any atom is 0.416 e. The number of alkyl halides is 6. The molecule has 2 aromatic heterocycles. The minimum atomic E-state index is -4.85. The summed E-state index contributed by atoms with van der Waals surface area (Å²) in [7, 11) is 1.69. The van der Waals surface area contributed by atoms with E-state index in [1.165, 1.54) is 30.9 Å². The number of hydrogen-bond acceptors (Lipinski definition) is 6. The van der Waals surface area contributed by atoms with E-state index in [-0.39, 0.29) is 34.7 Å². The van der Waals surface area contributed by atoms with Gasteiger partial charge in [0.1, 0.15) is 36.4 Å². The highest BCUT2D eigenvalue weighted by atomic mass is 19.4. The molecule has 0 saturated heterocycles. The van der Waals surface area contributed by atoms with Gasteiger partial charge in [0.05, 0.1) is 17.5 Å². The van der Waals surface area contributed by atoms with Crippen LogP contribution >= 0.6 is 0 Å². The number of ether oxygens (including phenoxy) is 1. The van der Waals surface area contributed by atoms with E-state index in [0.717, 1.165) is 17.2 Å². The number of rotatable bonds is 6. The topological polar surface area (TPSA) is 85.5 Å². The fourth-order valence-corrected chi connectivity index (χ4v) is 6.62. The molecule has 238 valence electrons. The maximum absolute atomic E-state index is 14.4. The molecular formula is C30H28F6N6O3. The van der Waals surface area contributed by atoms with Gasteiger partial charge in [-0.3, -0.25) is 14.5 Å². The monoisotopic (exact) mass is 634 g/mol. The maximum atomic E-state index is 14.4. The number of anilines is 1. The van der Waals surface area contributed by atoms with Crippen molar-refractivity contribution in [1.82, 2.24) is 24.2 Å². The number of nitrogens with zero attached hydrogens (tertiary/aromatic N) is 6. The second kappa shape index (κ2) is 10.5. The third-order valence-electron chi connectivity index (χ3n) is 8.42. The molecule has 3 aromatic rings. The summed E-state index contributed by atoms with van der Waals surface area (Å²) in [6.07, 6.45) is -1.66. The SMILES string of the molecule is CC1=CN(Cc2cc3c(c(C(F)(F)F)c2)CN(c2cc(C4(c5nncn5C)CC(C)C4)cn(CC(F)(F)F)c2=O)C3=O)C=CO1. The molecule has 0 bridgehead atoms. The molecule has 0 spiro atoms. The number of halogens is 6. The molecule has 1 fully saturated rings. The Morgan fingerprint density at radius 2 is 1.82 bits per heavy atom. The number of allylic oxidation sites excluding steroid dienone is 1. The number of benzene rings is 1. The highest BCUT2D eigenvalue weighted by Gasteiger charge is 2.49. The summed E-state index contributed by atoms with van der Waals surface area (Å²) in [6.45, 7) is 1.32. The molecule has 2 aliphatic heterocycles. The molecule has 9 nitrogen and oxygen atoms in total. The van der Waals surface area contributed by atoms with Crippen LogP contribution in [-0.2, 0) is 43.0 Å². The van der Waals surface area contributed by atoms with Gasteiger partial charge in [0.15, 0.2) is 0 Å². The van der Waals surface area contributed by atoms with Crippen molar-refractivity contribution in [3.63, 3.8) is 0 Å². The number of hydrogen-bond donors (Lipinski definition) is 0. The Labute approximate surface area is 253 Å². The third-order valence-corrected chi connectivity index (χ3v) is 8.42. The largest absolute Gasteiger partial charge is 0.467 e. The average molecular weight is 635 g/mol. The molecule has 1 aromatic carbocycles. The van der Waals surface area contributed by atoms with Crippen LogP contribution in [0, 0.1) is 5.92 Å². The molecule has 1 amide bonds. The molecule has 15 heteroatoms. The summed E-state index contributed by atoms with van der Waals surface area (Å²) in [4.78, 5) is 29.8. The lowest BCUT2D eigenvalue weighted by atomic mass is 9.59. The lowest BCUT2D eigenvalue weighted by Gasteiger charge is -2.46. The van der Waals surface area contributed by atoms with E-state index in [9.17, 15) is 35.9 Å². The number of pyridine rings is 1. The predicted molar refractivity (Wildman–Crippen MR) is 148 cm³/mol. The zero-order chi connectivity index (χ0) is 32.5. The Kier molecular flexibility index (Phi) is 7.12. The predicted octanol–water partition coefficient (Wildman–Crippen LogP) is 5.60. The Hall–Kier alpha value is -4.56. The molecule has 1 aliphatic carbocycles. The van der Waals surface area contributed by atoms with Crippen LogP contribution in [0.25, 0.3) is 0 Å². The molecule has 45 heavy (non-hydrogen) atoms. The van der Waals surface area contributed by atoms with Crippen molar-refractivity contribution < 1.29 is 35.9 Å². The smallest absolute Gasteiger partial charge is 0.416 e. The molecular weight excluding hydrogens is 606 g/mol. The minimum Gasteiger partial charge on any atom is -0.467 e. The first-order chi connectivity index (χ1) is 21.1. The van der Waals surface area contributed by atoms with Crippen LogP contribution in [0.5, 0.6) is 0 Å². The number of aryl methyl sites for hydroxylation is 1. The van der Waals surface area contributed by atoms with Crippen LogP contribution in [0.2, 0.25) is 0 Å². The van der Waals surface area contributed by atoms with Crippen LogP contribution in [0.1, 0.15) is 65.1 Å². The molecule has 3 aliphatic rings. The van der Waals surface area contributed by atoms with Crippen molar-refractivity contribution in [3.8, 4) is 0 Å². The van der Waals surface area contributed by atoms with Gasteiger partial charge in [-0.25, -0.2) is 0 Å². The first kappa shape index (κ1) is 30.5. The molecule has 0 N–H and O–H groups in total.